The maximum absolute atomic E-state index is 12.4. The first-order valence-electron chi connectivity index (χ1n) is 10.0. The van der Waals surface area contributed by atoms with Crippen LogP contribution in [0.3, 0.4) is 0 Å². The zero-order valence-electron chi connectivity index (χ0n) is 17.9. The van der Waals surface area contributed by atoms with Crippen LogP contribution in [0.4, 0.5) is 0 Å². The molecule has 0 saturated carbocycles. The third-order valence-electron chi connectivity index (χ3n) is 4.45. The van der Waals surface area contributed by atoms with Gasteiger partial charge in [-0.1, -0.05) is 43.3 Å². The molecule has 7 nitrogen and oxygen atoms in total. The van der Waals surface area contributed by atoms with Gasteiger partial charge in [-0.25, -0.2) is 4.79 Å². The number of aryl methyl sites for hydroxylation is 1. The van der Waals surface area contributed by atoms with E-state index in [0.29, 0.717) is 28.8 Å². The van der Waals surface area contributed by atoms with Gasteiger partial charge in [0.05, 0.1) is 23.6 Å². The van der Waals surface area contributed by atoms with Crippen LogP contribution in [0, 0.1) is 12.8 Å². The summed E-state index contributed by atoms with van der Waals surface area (Å²) in [6, 6.07) is 12.3. The van der Waals surface area contributed by atoms with Crippen molar-refractivity contribution in [3.05, 3.63) is 59.2 Å². The third kappa shape index (κ3) is 5.95. The van der Waals surface area contributed by atoms with Crippen molar-refractivity contribution in [2.75, 3.05) is 6.61 Å². The second kappa shape index (κ2) is 10.3. The van der Waals surface area contributed by atoms with E-state index in [2.05, 4.69) is 15.5 Å². The Hall–Kier alpha value is -3.13. The summed E-state index contributed by atoms with van der Waals surface area (Å²) in [5, 5.41) is 11.2. The van der Waals surface area contributed by atoms with Crippen molar-refractivity contribution in [1.29, 1.82) is 0 Å². The zero-order valence-corrected chi connectivity index (χ0v) is 18.7. The number of hydrogen-bond donors (Lipinski definition) is 1. The van der Waals surface area contributed by atoms with E-state index in [4.69, 9.17) is 9.47 Å². The van der Waals surface area contributed by atoms with Gasteiger partial charge >= 0.3 is 5.97 Å². The molecule has 1 unspecified atom stereocenters. The second-order valence-electron chi connectivity index (χ2n) is 7.32. The van der Waals surface area contributed by atoms with Crippen LogP contribution in [-0.2, 0) is 4.79 Å². The Balaban J connectivity index is 1.72. The van der Waals surface area contributed by atoms with Crippen molar-refractivity contribution in [1.82, 2.24) is 5.32 Å². The number of hydrogen-bond acceptors (Lipinski definition) is 7. The highest BCUT2D eigenvalue weighted by Gasteiger charge is 2.32. The number of amides is 1. The van der Waals surface area contributed by atoms with Crippen molar-refractivity contribution < 1.29 is 19.1 Å². The summed E-state index contributed by atoms with van der Waals surface area (Å²) in [6.07, 6.45) is 1.55. The Morgan fingerprint density at radius 2 is 1.94 bits per heavy atom. The Morgan fingerprint density at radius 3 is 2.58 bits per heavy atom. The molecular formula is C23H25N3O4S. The van der Waals surface area contributed by atoms with Crippen molar-refractivity contribution >= 4 is 35.0 Å². The summed E-state index contributed by atoms with van der Waals surface area (Å²) in [4.78, 5) is 24.3. The van der Waals surface area contributed by atoms with Crippen LogP contribution >= 0.6 is 11.8 Å². The van der Waals surface area contributed by atoms with Crippen LogP contribution < -0.4 is 14.8 Å². The molecule has 2 aromatic carbocycles. The molecule has 0 spiro atoms. The van der Waals surface area contributed by atoms with E-state index in [1.54, 1.807) is 36.5 Å². The van der Waals surface area contributed by atoms with E-state index in [0.717, 1.165) is 11.1 Å². The Labute approximate surface area is 185 Å². The van der Waals surface area contributed by atoms with Crippen molar-refractivity contribution in [3.63, 3.8) is 0 Å². The molecule has 0 bridgehead atoms. The molecule has 31 heavy (non-hydrogen) atoms. The summed E-state index contributed by atoms with van der Waals surface area (Å²) < 4.78 is 11.2. The highest BCUT2D eigenvalue weighted by Crippen LogP contribution is 2.29. The number of carbonyl (C=O) groups excluding carboxylic acids is 2. The predicted octanol–water partition coefficient (Wildman–Crippen LogP) is 4.19. The Kier molecular flexibility index (Phi) is 7.46. The maximum atomic E-state index is 12.4. The molecule has 1 atom stereocenters. The molecule has 0 aliphatic carbocycles. The van der Waals surface area contributed by atoms with E-state index < -0.39 is 5.97 Å². The van der Waals surface area contributed by atoms with Crippen LogP contribution in [-0.4, -0.2) is 35.1 Å². The molecular weight excluding hydrogens is 414 g/mol. The number of nitrogens with one attached hydrogen (secondary N) is 1. The van der Waals surface area contributed by atoms with E-state index in [9.17, 15) is 9.59 Å². The van der Waals surface area contributed by atoms with E-state index >= 15 is 0 Å². The van der Waals surface area contributed by atoms with Crippen molar-refractivity contribution in [3.8, 4) is 11.5 Å². The summed E-state index contributed by atoms with van der Waals surface area (Å²) in [7, 11) is 0. The lowest BCUT2D eigenvalue weighted by atomic mass is 10.1. The molecule has 0 aromatic heterocycles. The number of esters is 1. The van der Waals surface area contributed by atoms with Gasteiger partial charge in [0.25, 0.3) is 0 Å². The first-order chi connectivity index (χ1) is 14.9. The third-order valence-corrected chi connectivity index (χ3v) is 5.86. The normalized spacial score (nSPS) is 17.4. The first kappa shape index (κ1) is 22.6. The quantitative estimate of drug-likeness (QED) is 0.302. The minimum Gasteiger partial charge on any atom is -0.490 e. The molecule has 1 amide bonds. The first-order valence-corrected chi connectivity index (χ1v) is 10.9. The van der Waals surface area contributed by atoms with Gasteiger partial charge in [0.2, 0.25) is 5.91 Å². The standard InChI is InChI=1S/C23H25N3O4S/c1-5-29-19-12-16(13-24-26-23-25-21(27)20(31-23)14(2)3)8-11-18(19)30-22(28)17-9-6-15(4)7-10-17/h6-14,20H,5H2,1-4H3,(H,25,26,27). The molecule has 1 fully saturated rings. The summed E-state index contributed by atoms with van der Waals surface area (Å²) in [6.45, 7) is 8.20. The molecule has 1 N–H and O–H groups in total. The number of amidine groups is 1. The molecule has 3 rings (SSSR count). The lowest BCUT2D eigenvalue weighted by Gasteiger charge is -2.11. The molecule has 1 aliphatic heterocycles. The maximum Gasteiger partial charge on any atom is 0.343 e. The number of ether oxygens (including phenoxy) is 2. The van der Waals surface area contributed by atoms with Crippen molar-refractivity contribution in [2.24, 2.45) is 16.1 Å². The van der Waals surface area contributed by atoms with Gasteiger partial charge in [0, 0.05) is 0 Å². The lowest BCUT2D eigenvalue weighted by Crippen LogP contribution is -2.27. The Bertz CT molecular complexity index is 1020. The SMILES string of the molecule is CCOc1cc(C=NN=C2NC(=O)C(C(C)C)S2)ccc1OC(=O)c1ccc(C)cc1. The smallest absolute Gasteiger partial charge is 0.343 e. The molecule has 162 valence electrons. The van der Waals surface area contributed by atoms with Crippen LogP contribution in [0.1, 0.15) is 42.3 Å². The largest absolute Gasteiger partial charge is 0.490 e. The monoisotopic (exact) mass is 439 g/mol. The fourth-order valence-corrected chi connectivity index (χ4v) is 3.75. The predicted molar refractivity (Wildman–Crippen MR) is 123 cm³/mol. The second-order valence-corrected chi connectivity index (χ2v) is 8.45. The highest BCUT2D eigenvalue weighted by molar-refractivity contribution is 8.15. The minimum absolute atomic E-state index is 0.0488. The van der Waals surface area contributed by atoms with Gasteiger partial charge in [0.15, 0.2) is 16.7 Å². The molecule has 1 saturated heterocycles. The fourth-order valence-electron chi connectivity index (χ4n) is 2.82. The van der Waals surface area contributed by atoms with Gasteiger partial charge in [-0.2, -0.15) is 5.10 Å². The molecule has 0 radical (unpaired) electrons. The minimum atomic E-state index is -0.456. The van der Waals surface area contributed by atoms with E-state index in [1.165, 1.54) is 11.8 Å². The zero-order chi connectivity index (χ0) is 22.4. The number of thioether (sulfide) groups is 1. The van der Waals surface area contributed by atoms with Gasteiger partial charge < -0.3 is 14.8 Å². The van der Waals surface area contributed by atoms with Crippen molar-refractivity contribution in [2.45, 2.75) is 32.9 Å². The summed E-state index contributed by atoms with van der Waals surface area (Å²) in [5.41, 5.74) is 2.25. The number of benzene rings is 2. The summed E-state index contributed by atoms with van der Waals surface area (Å²) in [5.74, 6) is 0.470. The van der Waals surface area contributed by atoms with Crippen LogP contribution in [0.15, 0.2) is 52.7 Å². The average Bonchev–Trinajstić information content (AvgIpc) is 3.11. The molecule has 1 aliphatic rings. The van der Waals surface area contributed by atoms with Crippen LogP contribution in [0.2, 0.25) is 0 Å². The molecule has 1 heterocycles. The van der Waals surface area contributed by atoms with E-state index in [-0.39, 0.29) is 17.1 Å². The molecule has 2 aromatic rings. The number of carbonyl (C=O) groups is 2. The number of nitrogens with zero attached hydrogens (tertiary/aromatic N) is 2. The van der Waals surface area contributed by atoms with Crippen LogP contribution in [0.5, 0.6) is 11.5 Å². The number of rotatable bonds is 7. The van der Waals surface area contributed by atoms with Crippen LogP contribution in [0.25, 0.3) is 0 Å². The fraction of sp³-hybridized carbons (Fsp3) is 0.304. The summed E-state index contributed by atoms with van der Waals surface area (Å²) >= 11 is 1.37. The Morgan fingerprint density at radius 1 is 1.19 bits per heavy atom. The van der Waals surface area contributed by atoms with Gasteiger partial charge in [0.1, 0.15) is 0 Å². The van der Waals surface area contributed by atoms with Gasteiger partial charge in [-0.05, 0) is 55.7 Å². The van der Waals surface area contributed by atoms with E-state index in [1.807, 2.05) is 39.8 Å². The average molecular weight is 440 g/mol. The van der Waals surface area contributed by atoms with Gasteiger partial charge in [-0.15, -0.1) is 5.10 Å². The topological polar surface area (TPSA) is 89.3 Å². The highest BCUT2D eigenvalue weighted by atomic mass is 32.2. The molecule has 8 heteroatoms. The van der Waals surface area contributed by atoms with Gasteiger partial charge in [-0.3, -0.25) is 4.79 Å². The lowest BCUT2D eigenvalue weighted by molar-refractivity contribution is -0.119.